The lowest BCUT2D eigenvalue weighted by molar-refractivity contribution is 0.375. The quantitative estimate of drug-likeness (QED) is 0.905. The molecule has 1 aromatic heterocycles. The Kier molecular flexibility index (Phi) is 4.58. The van der Waals surface area contributed by atoms with Gasteiger partial charge in [-0.1, -0.05) is 25.1 Å². The van der Waals surface area contributed by atoms with E-state index in [2.05, 4.69) is 64.3 Å². The van der Waals surface area contributed by atoms with Crippen molar-refractivity contribution in [2.45, 2.75) is 33.7 Å². The van der Waals surface area contributed by atoms with Gasteiger partial charge in [-0.25, -0.2) is 0 Å². The third kappa shape index (κ3) is 4.06. The Bertz CT molecular complexity index is 551. The van der Waals surface area contributed by atoms with Crippen LogP contribution in [0.25, 0.3) is 0 Å². The van der Waals surface area contributed by atoms with Crippen molar-refractivity contribution in [1.29, 1.82) is 0 Å². The number of anilines is 1. The van der Waals surface area contributed by atoms with E-state index >= 15 is 0 Å². The zero-order valence-electron chi connectivity index (χ0n) is 11.4. The van der Waals surface area contributed by atoms with E-state index < -0.39 is 0 Å². The van der Waals surface area contributed by atoms with Crippen LogP contribution in [0, 0.1) is 12.8 Å². The number of rotatable bonds is 5. The second-order valence-corrected chi connectivity index (χ2v) is 5.89. The number of nitrogens with one attached hydrogen (secondary N) is 1. The van der Waals surface area contributed by atoms with Gasteiger partial charge in [-0.3, -0.25) is 0 Å². The van der Waals surface area contributed by atoms with Gasteiger partial charge < -0.3 is 9.84 Å². The van der Waals surface area contributed by atoms with Gasteiger partial charge in [0.15, 0.2) is 5.82 Å². The molecule has 0 unspecified atom stereocenters. The van der Waals surface area contributed by atoms with Gasteiger partial charge in [-0.2, -0.15) is 4.98 Å². The van der Waals surface area contributed by atoms with Crippen molar-refractivity contribution in [2.24, 2.45) is 5.92 Å². The highest BCUT2D eigenvalue weighted by Gasteiger charge is 2.08. The Morgan fingerprint density at radius 2 is 2.16 bits per heavy atom. The molecule has 0 atom stereocenters. The predicted molar refractivity (Wildman–Crippen MR) is 79.0 cm³/mol. The largest absolute Gasteiger partial charge is 0.375 e. The summed E-state index contributed by atoms with van der Waals surface area (Å²) < 4.78 is 6.25. The highest BCUT2D eigenvalue weighted by molar-refractivity contribution is 9.10. The average Bonchev–Trinajstić information content (AvgIpc) is 2.74. The van der Waals surface area contributed by atoms with Crippen LogP contribution < -0.4 is 5.32 Å². The SMILES string of the molecule is Cc1ccc(NCc2nc(CC(C)C)no2)c(Br)c1. The molecule has 1 N–H and O–H groups in total. The van der Waals surface area contributed by atoms with Crippen LogP contribution >= 0.6 is 15.9 Å². The zero-order valence-corrected chi connectivity index (χ0v) is 13.0. The maximum absolute atomic E-state index is 5.21. The highest BCUT2D eigenvalue weighted by atomic mass is 79.9. The second-order valence-electron chi connectivity index (χ2n) is 5.04. The molecule has 4 nitrogen and oxygen atoms in total. The van der Waals surface area contributed by atoms with E-state index in [1.54, 1.807) is 0 Å². The number of hydrogen-bond donors (Lipinski definition) is 1. The van der Waals surface area contributed by atoms with Crippen LogP contribution in [-0.4, -0.2) is 10.1 Å². The Hall–Kier alpha value is -1.36. The zero-order chi connectivity index (χ0) is 13.8. The minimum Gasteiger partial charge on any atom is -0.375 e. The summed E-state index contributed by atoms with van der Waals surface area (Å²) in [6, 6.07) is 6.16. The average molecular weight is 324 g/mol. The van der Waals surface area contributed by atoms with Gasteiger partial charge in [0.1, 0.15) is 0 Å². The first-order valence-corrected chi connectivity index (χ1v) is 7.15. The lowest BCUT2D eigenvalue weighted by atomic mass is 10.1. The maximum atomic E-state index is 5.21. The molecule has 0 spiro atoms. The van der Waals surface area contributed by atoms with E-state index in [0.717, 1.165) is 22.4 Å². The molecule has 2 aromatic rings. The molecule has 0 saturated heterocycles. The number of aryl methyl sites for hydroxylation is 1. The summed E-state index contributed by atoms with van der Waals surface area (Å²) in [6.45, 7) is 6.87. The van der Waals surface area contributed by atoms with E-state index in [1.807, 2.05) is 6.07 Å². The van der Waals surface area contributed by atoms with E-state index in [4.69, 9.17) is 4.52 Å². The fourth-order valence-corrected chi connectivity index (χ4v) is 2.38. The molecular formula is C14H18BrN3O. The molecule has 19 heavy (non-hydrogen) atoms. The van der Waals surface area contributed by atoms with Gasteiger partial charge >= 0.3 is 0 Å². The number of nitrogens with zero attached hydrogens (tertiary/aromatic N) is 2. The van der Waals surface area contributed by atoms with Crippen molar-refractivity contribution in [3.63, 3.8) is 0 Å². The van der Waals surface area contributed by atoms with Crippen LogP contribution in [0.4, 0.5) is 5.69 Å². The third-order valence-corrected chi connectivity index (χ3v) is 3.31. The van der Waals surface area contributed by atoms with E-state index in [9.17, 15) is 0 Å². The minimum absolute atomic E-state index is 0.532. The van der Waals surface area contributed by atoms with Gasteiger partial charge in [0, 0.05) is 16.6 Å². The van der Waals surface area contributed by atoms with Crippen LogP contribution in [0.5, 0.6) is 0 Å². The minimum atomic E-state index is 0.532. The first kappa shape index (κ1) is 14.1. The first-order chi connectivity index (χ1) is 9.04. The van der Waals surface area contributed by atoms with Crippen molar-refractivity contribution < 1.29 is 4.52 Å². The first-order valence-electron chi connectivity index (χ1n) is 6.36. The highest BCUT2D eigenvalue weighted by Crippen LogP contribution is 2.23. The lowest BCUT2D eigenvalue weighted by Gasteiger charge is -2.06. The van der Waals surface area contributed by atoms with Crippen LogP contribution in [0.15, 0.2) is 27.2 Å². The summed E-state index contributed by atoms with van der Waals surface area (Å²) in [4.78, 5) is 4.36. The third-order valence-electron chi connectivity index (χ3n) is 2.66. The van der Waals surface area contributed by atoms with Gasteiger partial charge in [0.25, 0.3) is 0 Å². The summed E-state index contributed by atoms with van der Waals surface area (Å²) >= 11 is 3.53. The Balaban J connectivity index is 1.96. The fraction of sp³-hybridized carbons (Fsp3) is 0.429. The van der Waals surface area contributed by atoms with Crippen molar-refractivity contribution in [3.8, 4) is 0 Å². The molecular weight excluding hydrogens is 306 g/mol. The standard InChI is InChI=1S/C14H18BrN3O/c1-9(2)6-13-17-14(19-18-13)8-16-12-5-4-10(3)7-11(12)15/h4-5,7,9,16H,6,8H2,1-3H3. The van der Waals surface area contributed by atoms with Crippen molar-refractivity contribution in [3.05, 3.63) is 40.0 Å². The van der Waals surface area contributed by atoms with Crippen molar-refractivity contribution >= 4 is 21.6 Å². The Morgan fingerprint density at radius 1 is 1.37 bits per heavy atom. The molecule has 0 aliphatic rings. The molecule has 0 bridgehead atoms. The molecule has 0 amide bonds. The lowest BCUT2D eigenvalue weighted by Crippen LogP contribution is -2.01. The Morgan fingerprint density at radius 3 is 2.84 bits per heavy atom. The van der Waals surface area contributed by atoms with Crippen molar-refractivity contribution in [2.75, 3.05) is 5.32 Å². The fourth-order valence-electron chi connectivity index (χ4n) is 1.74. The summed E-state index contributed by atoms with van der Waals surface area (Å²) in [7, 11) is 0. The summed E-state index contributed by atoms with van der Waals surface area (Å²) in [5, 5.41) is 7.25. The van der Waals surface area contributed by atoms with E-state index in [1.165, 1.54) is 5.56 Å². The molecule has 1 aromatic carbocycles. The van der Waals surface area contributed by atoms with Gasteiger partial charge in [0.2, 0.25) is 5.89 Å². The van der Waals surface area contributed by atoms with Crippen LogP contribution in [-0.2, 0) is 13.0 Å². The van der Waals surface area contributed by atoms with Crippen LogP contribution in [0.2, 0.25) is 0 Å². The second kappa shape index (κ2) is 6.19. The number of hydrogen-bond acceptors (Lipinski definition) is 4. The Labute approximate surface area is 121 Å². The van der Waals surface area contributed by atoms with Gasteiger partial charge in [-0.15, -0.1) is 0 Å². The number of halogens is 1. The molecule has 5 heteroatoms. The monoisotopic (exact) mass is 323 g/mol. The van der Waals surface area contributed by atoms with Crippen LogP contribution in [0.3, 0.4) is 0 Å². The molecule has 0 aliphatic heterocycles. The van der Waals surface area contributed by atoms with Crippen molar-refractivity contribution in [1.82, 2.24) is 10.1 Å². The molecule has 0 saturated carbocycles. The van der Waals surface area contributed by atoms with E-state index in [0.29, 0.717) is 18.4 Å². The summed E-state index contributed by atoms with van der Waals surface area (Å²) in [5.74, 6) is 1.92. The normalized spacial score (nSPS) is 11.0. The number of aromatic nitrogens is 2. The number of benzene rings is 1. The maximum Gasteiger partial charge on any atom is 0.245 e. The predicted octanol–water partition coefficient (Wildman–Crippen LogP) is 3.95. The summed E-state index contributed by atoms with van der Waals surface area (Å²) in [6.07, 6.45) is 0.845. The topological polar surface area (TPSA) is 51.0 Å². The molecule has 0 fully saturated rings. The summed E-state index contributed by atoms with van der Waals surface area (Å²) in [5.41, 5.74) is 2.24. The smallest absolute Gasteiger partial charge is 0.245 e. The molecule has 0 aliphatic carbocycles. The molecule has 2 rings (SSSR count). The van der Waals surface area contributed by atoms with E-state index in [-0.39, 0.29) is 0 Å². The molecule has 102 valence electrons. The van der Waals surface area contributed by atoms with Gasteiger partial charge in [-0.05, 0) is 46.5 Å². The van der Waals surface area contributed by atoms with Gasteiger partial charge in [0.05, 0.1) is 6.54 Å². The molecule has 0 radical (unpaired) electrons. The molecule has 1 heterocycles. The van der Waals surface area contributed by atoms with Crippen LogP contribution in [0.1, 0.15) is 31.1 Å².